The van der Waals surface area contributed by atoms with Crippen molar-refractivity contribution in [1.29, 1.82) is 0 Å². The first-order chi connectivity index (χ1) is 9.02. The van der Waals surface area contributed by atoms with Gasteiger partial charge in [0, 0.05) is 0 Å². The highest BCUT2D eigenvalue weighted by atomic mass is 32.1. The Kier molecular flexibility index (Phi) is 4.04. The van der Waals surface area contributed by atoms with Crippen LogP contribution >= 0.6 is 12.2 Å². The lowest BCUT2D eigenvalue weighted by molar-refractivity contribution is 0.0940. The molecule has 102 valence electrons. The number of rotatable bonds is 5. The van der Waals surface area contributed by atoms with Gasteiger partial charge in [0.15, 0.2) is 0 Å². The zero-order chi connectivity index (χ0) is 14.0. The topological polar surface area (TPSA) is 64.3 Å². The lowest BCUT2D eigenvalue weighted by Crippen LogP contribution is -2.45. The number of aryl methyl sites for hydroxylation is 1. The molecule has 1 unspecified atom stereocenters. The largest absolute Gasteiger partial charge is 0.496 e. The molecule has 0 radical (unpaired) electrons. The number of carbonyl (C=O) groups excluding carboxylic acids is 1. The van der Waals surface area contributed by atoms with E-state index >= 15 is 0 Å². The number of hydrogen-bond donors (Lipinski definition) is 2. The molecule has 3 N–H and O–H groups in total. The van der Waals surface area contributed by atoms with E-state index < -0.39 is 0 Å². The van der Waals surface area contributed by atoms with E-state index in [1.165, 1.54) is 0 Å². The van der Waals surface area contributed by atoms with Gasteiger partial charge in [-0.05, 0) is 37.8 Å². The van der Waals surface area contributed by atoms with Crippen molar-refractivity contribution in [2.45, 2.75) is 25.8 Å². The Morgan fingerprint density at radius 1 is 1.53 bits per heavy atom. The number of methoxy groups -OCH3 is 1. The van der Waals surface area contributed by atoms with E-state index in [-0.39, 0.29) is 11.9 Å². The van der Waals surface area contributed by atoms with Crippen molar-refractivity contribution in [3.05, 3.63) is 29.3 Å². The molecule has 0 bridgehead atoms. The number of nitrogens with two attached hydrogens (primary N) is 1. The van der Waals surface area contributed by atoms with Gasteiger partial charge >= 0.3 is 0 Å². The van der Waals surface area contributed by atoms with Crippen molar-refractivity contribution >= 4 is 23.1 Å². The molecule has 1 saturated carbocycles. The summed E-state index contributed by atoms with van der Waals surface area (Å²) in [5, 5.41) is 2.91. The second-order valence-electron chi connectivity index (χ2n) is 4.89. The normalized spacial score (nSPS) is 15.7. The standard InChI is InChI=1S/C14H18N2O2S/c1-8-3-6-11(18-2)10(7-8)14(17)16-12(13(15)19)9-4-5-9/h3,6-7,9,12H,4-5H2,1-2H3,(H2,15,19)(H,16,17). The van der Waals surface area contributed by atoms with Crippen molar-refractivity contribution in [2.24, 2.45) is 11.7 Å². The van der Waals surface area contributed by atoms with Gasteiger partial charge in [-0.15, -0.1) is 0 Å². The van der Waals surface area contributed by atoms with Crippen LogP contribution in [0.4, 0.5) is 0 Å². The zero-order valence-corrected chi connectivity index (χ0v) is 11.9. The molecule has 1 aromatic carbocycles. The van der Waals surface area contributed by atoms with Gasteiger partial charge < -0.3 is 15.8 Å². The van der Waals surface area contributed by atoms with Gasteiger partial charge in [0.2, 0.25) is 0 Å². The van der Waals surface area contributed by atoms with Crippen molar-refractivity contribution < 1.29 is 9.53 Å². The summed E-state index contributed by atoms with van der Waals surface area (Å²) < 4.78 is 5.21. The highest BCUT2D eigenvalue weighted by Crippen LogP contribution is 2.33. The van der Waals surface area contributed by atoms with Gasteiger partial charge in [-0.2, -0.15) is 0 Å². The molecule has 0 aromatic heterocycles. The van der Waals surface area contributed by atoms with E-state index in [0.29, 0.717) is 22.2 Å². The average molecular weight is 278 g/mol. The monoisotopic (exact) mass is 278 g/mol. The third kappa shape index (κ3) is 3.23. The summed E-state index contributed by atoms with van der Waals surface area (Å²) >= 11 is 5.02. The third-order valence-electron chi connectivity index (χ3n) is 3.29. The van der Waals surface area contributed by atoms with Crippen molar-refractivity contribution in [1.82, 2.24) is 5.32 Å². The van der Waals surface area contributed by atoms with Gasteiger partial charge in [-0.3, -0.25) is 4.79 Å². The molecule has 1 fully saturated rings. The van der Waals surface area contributed by atoms with Gasteiger partial charge in [-0.1, -0.05) is 23.8 Å². The molecule has 1 aromatic rings. The van der Waals surface area contributed by atoms with Gasteiger partial charge in [-0.25, -0.2) is 0 Å². The van der Waals surface area contributed by atoms with Crippen LogP contribution < -0.4 is 15.8 Å². The van der Waals surface area contributed by atoms with Gasteiger partial charge in [0.25, 0.3) is 5.91 Å². The maximum absolute atomic E-state index is 12.3. The quantitative estimate of drug-likeness (QED) is 0.806. The van der Waals surface area contributed by atoms with E-state index in [1.54, 1.807) is 19.2 Å². The number of ether oxygens (including phenoxy) is 1. The molecule has 1 amide bonds. The number of thiocarbonyl (C=S) groups is 1. The van der Waals surface area contributed by atoms with E-state index in [9.17, 15) is 4.79 Å². The maximum Gasteiger partial charge on any atom is 0.255 e. The van der Waals surface area contributed by atoms with E-state index in [2.05, 4.69) is 5.32 Å². The molecule has 1 atom stereocenters. The Balaban J connectivity index is 2.19. The van der Waals surface area contributed by atoms with E-state index in [1.807, 2.05) is 13.0 Å². The minimum atomic E-state index is -0.215. The van der Waals surface area contributed by atoms with Crippen LogP contribution in [0, 0.1) is 12.8 Å². The Bertz CT molecular complexity index is 512. The summed E-state index contributed by atoms with van der Waals surface area (Å²) in [7, 11) is 1.55. The van der Waals surface area contributed by atoms with E-state index in [4.69, 9.17) is 22.7 Å². The summed E-state index contributed by atoms with van der Waals surface area (Å²) in [6, 6.07) is 5.28. The summed E-state index contributed by atoms with van der Waals surface area (Å²) in [5.74, 6) is 0.753. The fraction of sp³-hybridized carbons (Fsp3) is 0.429. The van der Waals surface area contributed by atoms with Crippen LogP contribution in [0.25, 0.3) is 0 Å². The van der Waals surface area contributed by atoms with E-state index in [0.717, 1.165) is 18.4 Å². The summed E-state index contributed by atoms with van der Waals surface area (Å²) in [6.45, 7) is 1.93. The number of hydrogen-bond acceptors (Lipinski definition) is 3. The second kappa shape index (κ2) is 5.57. The van der Waals surface area contributed by atoms with Crippen molar-refractivity contribution in [3.8, 4) is 5.75 Å². The Morgan fingerprint density at radius 3 is 2.74 bits per heavy atom. The third-order valence-corrected chi connectivity index (χ3v) is 3.54. The van der Waals surface area contributed by atoms with Gasteiger partial charge in [0.1, 0.15) is 5.75 Å². The van der Waals surface area contributed by atoms with Crippen LogP contribution in [0.3, 0.4) is 0 Å². The minimum Gasteiger partial charge on any atom is -0.496 e. The minimum absolute atomic E-state index is 0.190. The molecule has 2 rings (SSSR count). The fourth-order valence-corrected chi connectivity index (χ4v) is 2.32. The highest BCUT2D eigenvalue weighted by Gasteiger charge is 2.34. The molecule has 1 aliphatic carbocycles. The lowest BCUT2D eigenvalue weighted by Gasteiger charge is -2.18. The predicted octanol–water partition coefficient (Wildman–Crippen LogP) is 1.80. The van der Waals surface area contributed by atoms with Crippen LogP contribution in [-0.4, -0.2) is 24.0 Å². The van der Waals surface area contributed by atoms with Crippen LogP contribution in [-0.2, 0) is 0 Å². The second-order valence-corrected chi connectivity index (χ2v) is 5.37. The number of benzene rings is 1. The summed E-state index contributed by atoms with van der Waals surface area (Å²) in [6.07, 6.45) is 2.13. The summed E-state index contributed by atoms with van der Waals surface area (Å²) in [5.41, 5.74) is 7.21. The first-order valence-corrected chi connectivity index (χ1v) is 6.68. The number of nitrogens with one attached hydrogen (secondary N) is 1. The van der Waals surface area contributed by atoms with Gasteiger partial charge in [0.05, 0.1) is 23.7 Å². The SMILES string of the molecule is COc1ccc(C)cc1C(=O)NC(C(N)=S)C1CC1. The average Bonchev–Trinajstić information content (AvgIpc) is 3.19. The smallest absolute Gasteiger partial charge is 0.255 e. The Morgan fingerprint density at radius 2 is 2.21 bits per heavy atom. The van der Waals surface area contributed by atoms with Crippen molar-refractivity contribution in [2.75, 3.05) is 7.11 Å². The number of carbonyl (C=O) groups is 1. The van der Waals surface area contributed by atoms with Crippen LogP contribution in [0.5, 0.6) is 5.75 Å². The van der Waals surface area contributed by atoms with Crippen LogP contribution in [0.2, 0.25) is 0 Å². The maximum atomic E-state index is 12.3. The molecular formula is C14H18N2O2S. The molecule has 0 spiro atoms. The molecule has 5 heteroatoms. The Hall–Kier alpha value is -1.62. The van der Waals surface area contributed by atoms with Crippen molar-refractivity contribution in [3.63, 3.8) is 0 Å². The molecule has 0 saturated heterocycles. The highest BCUT2D eigenvalue weighted by molar-refractivity contribution is 7.80. The molecule has 19 heavy (non-hydrogen) atoms. The fourth-order valence-electron chi connectivity index (χ4n) is 2.07. The molecule has 1 aliphatic rings. The van der Waals surface area contributed by atoms with Crippen LogP contribution in [0.15, 0.2) is 18.2 Å². The van der Waals surface area contributed by atoms with Crippen LogP contribution in [0.1, 0.15) is 28.8 Å². The predicted molar refractivity (Wildman–Crippen MR) is 78.5 cm³/mol. The first kappa shape index (κ1) is 13.8. The number of amides is 1. The first-order valence-electron chi connectivity index (χ1n) is 6.27. The molecule has 4 nitrogen and oxygen atoms in total. The molecular weight excluding hydrogens is 260 g/mol. The molecule has 0 heterocycles. The summed E-state index contributed by atoms with van der Waals surface area (Å²) in [4.78, 5) is 12.7. The lowest BCUT2D eigenvalue weighted by atomic mass is 10.1. The molecule has 0 aliphatic heterocycles. The Labute approximate surface area is 118 Å². The zero-order valence-electron chi connectivity index (χ0n) is 11.1.